The molecular formula is C27H21NO. The van der Waals surface area contributed by atoms with Gasteiger partial charge >= 0.3 is 0 Å². The monoisotopic (exact) mass is 375 g/mol. The Labute approximate surface area is 170 Å². The maximum absolute atomic E-state index is 13.1. The fourth-order valence-corrected chi connectivity index (χ4v) is 3.40. The Morgan fingerprint density at radius 2 is 0.966 bits per heavy atom. The molecule has 0 amide bonds. The lowest BCUT2D eigenvalue weighted by Crippen LogP contribution is -2.03. The summed E-state index contributed by atoms with van der Waals surface area (Å²) in [5.41, 5.74) is 1.52. The second kappa shape index (κ2) is 8.85. The van der Waals surface area contributed by atoms with Crippen molar-refractivity contribution in [2.24, 2.45) is 0 Å². The number of hydrogen-bond donors (Lipinski definition) is 1. The van der Waals surface area contributed by atoms with Crippen LogP contribution in [0.2, 0.25) is 0 Å². The van der Waals surface area contributed by atoms with E-state index >= 15 is 0 Å². The fraction of sp³-hybridized carbons (Fsp3) is 0. The Hall–Kier alpha value is -3.91. The highest BCUT2D eigenvalue weighted by Crippen LogP contribution is 2.25. The van der Waals surface area contributed by atoms with E-state index in [0.29, 0.717) is 0 Å². The summed E-state index contributed by atoms with van der Waals surface area (Å²) in [6.07, 6.45) is 11.6. The van der Waals surface area contributed by atoms with Gasteiger partial charge in [-0.25, -0.2) is 0 Å². The number of ketones is 1. The Balaban J connectivity index is 0.000000249. The van der Waals surface area contributed by atoms with Crippen LogP contribution in [0, 0.1) is 0 Å². The standard InChI is InChI=1S/C21H14O.C6H7N/c22-21(19-13-5-9-15-7-1-3-11-17(15)19)20-14-6-10-16-8-2-4-12-18(16)20;1-2-4-6-7-5-3-1/h1-14H;1-7H. The van der Waals surface area contributed by atoms with Gasteiger partial charge in [0.25, 0.3) is 0 Å². The van der Waals surface area contributed by atoms with Crippen molar-refractivity contribution < 1.29 is 4.79 Å². The summed E-state index contributed by atoms with van der Waals surface area (Å²) in [6, 6.07) is 27.8. The molecule has 0 saturated heterocycles. The minimum atomic E-state index is 0.0774. The van der Waals surface area contributed by atoms with E-state index in [9.17, 15) is 4.79 Å². The van der Waals surface area contributed by atoms with E-state index < -0.39 is 0 Å². The molecule has 0 radical (unpaired) electrons. The summed E-state index contributed by atoms with van der Waals surface area (Å²) >= 11 is 0. The predicted octanol–water partition coefficient (Wildman–Crippen LogP) is 6.40. The van der Waals surface area contributed by atoms with E-state index in [1.807, 2.05) is 122 Å². The Bertz CT molecular complexity index is 1140. The average molecular weight is 375 g/mol. The summed E-state index contributed by atoms with van der Waals surface area (Å²) < 4.78 is 0. The zero-order chi connectivity index (χ0) is 19.9. The van der Waals surface area contributed by atoms with Crippen LogP contribution < -0.4 is 5.32 Å². The average Bonchev–Trinajstić information content (AvgIpc) is 3.11. The highest BCUT2D eigenvalue weighted by atomic mass is 16.1. The summed E-state index contributed by atoms with van der Waals surface area (Å²) in [5.74, 6) is 0.0774. The summed E-state index contributed by atoms with van der Waals surface area (Å²) in [7, 11) is 0. The molecule has 4 aromatic rings. The number of benzene rings is 4. The normalized spacial score (nSPS) is 12.1. The maximum atomic E-state index is 13.1. The van der Waals surface area contributed by atoms with Gasteiger partial charge in [0, 0.05) is 23.5 Å². The molecule has 1 heterocycles. The highest BCUT2D eigenvalue weighted by Gasteiger charge is 2.14. The quantitative estimate of drug-likeness (QED) is 0.411. The third-order valence-electron chi connectivity index (χ3n) is 4.79. The summed E-state index contributed by atoms with van der Waals surface area (Å²) in [6.45, 7) is 0. The molecule has 5 rings (SSSR count). The lowest BCUT2D eigenvalue weighted by molar-refractivity contribution is 0.104. The molecule has 0 bridgehead atoms. The van der Waals surface area contributed by atoms with Crippen LogP contribution in [0.4, 0.5) is 0 Å². The lowest BCUT2D eigenvalue weighted by atomic mass is 9.94. The Morgan fingerprint density at radius 1 is 0.517 bits per heavy atom. The second-order valence-corrected chi connectivity index (χ2v) is 6.65. The number of allylic oxidation sites excluding steroid dienone is 4. The summed E-state index contributed by atoms with van der Waals surface area (Å²) in [5, 5.41) is 7.11. The topological polar surface area (TPSA) is 29.1 Å². The second-order valence-electron chi connectivity index (χ2n) is 6.65. The number of fused-ring (bicyclic) bond motifs is 2. The number of carbonyl (C=O) groups excluding carboxylic acids is 1. The van der Waals surface area contributed by atoms with Crippen LogP contribution in [0.5, 0.6) is 0 Å². The first-order chi connectivity index (χ1) is 14.3. The zero-order valence-electron chi connectivity index (χ0n) is 16.0. The van der Waals surface area contributed by atoms with Crippen molar-refractivity contribution in [1.82, 2.24) is 5.32 Å². The van der Waals surface area contributed by atoms with Gasteiger partial charge in [0.05, 0.1) is 0 Å². The van der Waals surface area contributed by atoms with E-state index in [0.717, 1.165) is 32.7 Å². The van der Waals surface area contributed by atoms with Gasteiger partial charge in [-0.15, -0.1) is 0 Å². The summed E-state index contributed by atoms with van der Waals surface area (Å²) in [4.78, 5) is 13.1. The van der Waals surface area contributed by atoms with Crippen molar-refractivity contribution in [2.75, 3.05) is 0 Å². The largest absolute Gasteiger partial charge is 0.368 e. The molecule has 2 nitrogen and oxygen atoms in total. The molecule has 140 valence electrons. The van der Waals surface area contributed by atoms with Crippen molar-refractivity contribution in [3.63, 3.8) is 0 Å². The molecular weight excluding hydrogens is 354 g/mol. The molecule has 4 aromatic carbocycles. The molecule has 0 aliphatic carbocycles. The van der Waals surface area contributed by atoms with Crippen LogP contribution in [0.15, 0.2) is 122 Å². The van der Waals surface area contributed by atoms with E-state index in [-0.39, 0.29) is 5.78 Å². The highest BCUT2D eigenvalue weighted by molar-refractivity contribution is 6.21. The van der Waals surface area contributed by atoms with Crippen LogP contribution in [0.1, 0.15) is 15.9 Å². The first-order valence-corrected chi connectivity index (χ1v) is 9.59. The lowest BCUT2D eigenvalue weighted by Gasteiger charge is -2.08. The first kappa shape index (κ1) is 18.5. The first-order valence-electron chi connectivity index (χ1n) is 9.59. The molecule has 0 atom stereocenters. The Morgan fingerprint density at radius 3 is 1.48 bits per heavy atom. The van der Waals surface area contributed by atoms with Crippen molar-refractivity contribution in [2.45, 2.75) is 0 Å². The van der Waals surface area contributed by atoms with Crippen LogP contribution in [0.3, 0.4) is 0 Å². The van der Waals surface area contributed by atoms with Gasteiger partial charge in [0.15, 0.2) is 5.78 Å². The van der Waals surface area contributed by atoms with Gasteiger partial charge < -0.3 is 5.32 Å². The van der Waals surface area contributed by atoms with Crippen molar-refractivity contribution in [3.05, 3.63) is 133 Å². The van der Waals surface area contributed by atoms with E-state index in [2.05, 4.69) is 5.32 Å². The maximum Gasteiger partial charge on any atom is 0.194 e. The molecule has 1 aliphatic heterocycles. The Kier molecular flexibility index (Phi) is 5.63. The van der Waals surface area contributed by atoms with Gasteiger partial charge in [0.2, 0.25) is 0 Å². The molecule has 1 N–H and O–H groups in total. The number of carbonyl (C=O) groups is 1. The molecule has 0 aromatic heterocycles. The van der Waals surface area contributed by atoms with E-state index in [1.165, 1.54) is 0 Å². The molecule has 0 unspecified atom stereocenters. The molecule has 1 aliphatic rings. The zero-order valence-corrected chi connectivity index (χ0v) is 16.0. The fourth-order valence-electron chi connectivity index (χ4n) is 3.40. The van der Waals surface area contributed by atoms with Crippen molar-refractivity contribution in [1.29, 1.82) is 0 Å². The van der Waals surface area contributed by atoms with Crippen LogP contribution in [-0.2, 0) is 0 Å². The van der Waals surface area contributed by atoms with E-state index in [1.54, 1.807) is 0 Å². The predicted molar refractivity (Wildman–Crippen MR) is 122 cm³/mol. The van der Waals surface area contributed by atoms with Crippen LogP contribution in [0.25, 0.3) is 21.5 Å². The number of rotatable bonds is 2. The molecule has 29 heavy (non-hydrogen) atoms. The molecule has 2 heteroatoms. The minimum absolute atomic E-state index is 0.0774. The van der Waals surface area contributed by atoms with Crippen LogP contribution >= 0.6 is 0 Å². The molecule has 0 saturated carbocycles. The van der Waals surface area contributed by atoms with Crippen molar-refractivity contribution in [3.8, 4) is 0 Å². The van der Waals surface area contributed by atoms with Gasteiger partial charge in [-0.05, 0) is 33.7 Å². The van der Waals surface area contributed by atoms with E-state index in [4.69, 9.17) is 0 Å². The van der Waals surface area contributed by atoms with Gasteiger partial charge in [-0.1, -0.05) is 97.1 Å². The third kappa shape index (κ3) is 4.17. The SMILES string of the molecule is C1=CC=CNC=C1.O=C(c1cccc2ccccc12)c1cccc2ccccc12. The van der Waals surface area contributed by atoms with Gasteiger partial charge in [0.1, 0.15) is 0 Å². The van der Waals surface area contributed by atoms with Crippen molar-refractivity contribution >= 4 is 27.3 Å². The number of hydrogen-bond acceptors (Lipinski definition) is 2. The van der Waals surface area contributed by atoms with Gasteiger partial charge in [-0.2, -0.15) is 0 Å². The third-order valence-corrected chi connectivity index (χ3v) is 4.79. The smallest absolute Gasteiger partial charge is 0.194 e. The van der Waals surface area contributed by atoms with Crippen LogP contribution in [-0.4, -0.2) is 5.78 Å². The minimum Gasteiger partial charge on any atom is -0.368 e. The van der Waals surface area contributed by atoms with Gasteiger partial charge in [-0.3, -0.25) is 4.79 Å². The number of nitrogens with one attached hydrogen (secondary N) is 1. The molecule has 0 spiro atoms. The molecule has 0 fully saturated rings.